The Balaban J connectivity index is 2.24. The van der Waals surface area contributed by atoms with Gasteiger partial charge < -0.3 is 14.8 Å². The van der Waals surface area contributed by atoms with Crippen LogP contribution in [0.1, 0.15) is 25.0 Å². The second kappa shape index (κ2) is 9.28. The van der Waals surface area contributed by atoms with Crippen LogP contribution in [0.25, 0.3) is 6.08 Å². The van der Waals surface area contributed by atoms with Gasteiger partial charge in [0.25, 0.3) is 5.91 Å². The zero-order valence-corrected chi connectivity index (χ0v) is 15.2. The molecule has 0 saturated heterocycles. The highest BCUT2D eigenvalue weighted by Gasteiger charge is 2.11. The van der Waals surface area contributed by atoms with Crippen LogP contribution in [0, 0.1) is 18.3 Å². The smallest absolute Gasteiger partial charge is 0.266 e. The molecule has 26 heavy (non-hydrogen) atoms. The van der Waals surface area contributed by atoms with E-state index in [4.69, 9.17) is 9.47 Å². The number of hydrogen-bond acceptors (Lipinski definition) is 4. The molecule has 2 aromatic rings. The largest absolute Gasteiger partial charge is 0.490 e. The van der Waals surface area contributed by atoms with Crippen molar-refractivity contribution < 1.29 is 14.3 Å². The van der Waals surface area contributed by atoms with Crippen LogP contribution >= 0.6 is 0 Å². The normalized spacial score (nSPS) is 10.8. The number of nitrogens with one attached hydrogen (secondary N) is 1. The molecular formula is C21H22N2O3. The fourth-order valence-electron chi connectivity index (χ4n) is 2.31. The molecule has 134 valence electrons. The van der Waals surface area contributed by atoms with Crippen LogP contribution < -0.4 is 14.8 Å². The molecule has 0 unspecified atom stereocenters. The lowest BCUT2D eigenvalue weighted by atomic mass is 10.1. The van der Waals surface area contributed by atoms with Gasteiger partial charge in [0.05, 0.1) is 13.2 Å². The summed E-state index contributed by atoms with van der Waals surface area (Å²) in [5.41, 5.74) is 2.44. The molecule has 0 bridgehead atoms. The summed E-state index contributed by atoms with van der Waals surface area (Å²) in [5.74, 6) is 0.761. The first-order valence-electron chi connectivity index (χ1n) is 8.46. The van der Waals surface area contributed by atoms with Crippen molar-refractivity contribution in [3.63, 3.8) is 0 Å². The van der Waals surface area contributed by atoms with Gasteiger partial charge in [-0.25, -0.2) is 0 Å². The summed E-state index contributed by atoms with van der Waals surface area (Å²) < 4.78 is 11.1. The molecule has 2 aromatic carbocycles. The Morgan fingerprint density at radius 3 is 2.35 bits per heavy atom. The Morgan fingerprint density at radius 2 is 1.73 bits per heavy atom. The maximum Gasteiger partial charge on any atom is 0.266 e. The lowest BCUT2D eigenvalue weighted by Gasteiger charge is -2.11. The Morgan fingerprint density at radius 1 is 1.08 bits per heavy atom. The van der Waals surface area contributed by atoms with Crippen LogP contribution in [-0.2, 0) is 4.79 Å². The number of hydrogen-bond donors (Lipinski definition) is 1. The third kappa shape index (κ3) is 5.12. The maximum atomic E-state index is 12.4. The van der Waals surface area contributed by atoms with Gasteiger partial charge in [0, 0.05) is 5.69 Å². The van der Waals surface area contributed by atoms with Crippen molar-refractivity contribution in [3.8, 4) is 17.6 Å². The minimum absolute atomic E-state index is 0.0113. The molecule has 5 nitrogen and oxygen atoms in total. The highest BCUT2D eigenvalue weighted by Crippen LogP contribution is 2.29. The number of benzene rings is 2. The van der Waals surface area contributed by atoms with Crippen LogP contribution in [0.4, 0.5) is 5.69 Å². The third-order valence-electron chi connectivity index (χ3n) is 3.55. The van der Waals surface area contributed by atoms with Crippen molar-refractivity contribution in [2.45, 2.75) is 20.8 Å². The van der Waals surface area contributed by atoms with Crippen LogP contribution in [0.15, 0.2) is 48.0 Å². The van der Waals surface area contributed by atoms with E-state index in [1.54, 1.807) is 30.3 Å². The number of carbonyl (C=O) groups excluding carboxylic acids is 1. The molecule has 0 fully saturated rings. The summed E-state index contributed by atoms with van der Waals surface area (Å²) in [6.45, 7) is 6.76. The van der Waals surface area contributed by atoms with Gasteiger partial charge in [0.2, 0.25) is 0 Å². The molecule has 0 aromatic heterocycles. The predicted molar refractivity (Wildman–Crippen MR) is 102 cm³/mol. The van der Waals surface area contributed by atoms with Crippen LogP contribution in [-0.4, -0.2) is 19.1 Å². The quantitative estimate of drug-likeness (QED) is 0.596. The van der Waals surface area contributed by atoms with Crippen molar-refractivity contribution in [1.82, 2.24) is 0 Å². The van der Waals surface area contributed by atoms with E-state index in [0.717, 1.165) is 5.56 Å². The van der Waals surface area contributed by atoms with Crippen molar-refractivity contribution in [2.75, 3.05) is 18.5 Å². The molecule has 0 saturated carbocycles. The molecule has 0 atom stereocenters. The molecule has 1 amide bonds. The predicted octanol–water partition coefficient (Wildman–Crippen LogP) is 4.34. The third-order valence-corrected chi connectivity index (χ3v) is 3.55. The van der Waals surface area contributed by atoms with E-state index in [-0.39, 0.29) is 5.57 Å². The van der Waals surface area contributed by atoms with Crippen LogP contribution in [0.2, 0.25) is 0 Å². The number of carbonyl (C=O) groups is 1. The first kappa shape index (κ1) is 19.1. The molecule has 0 aliphatic carbocycles. The monoisotopic (exact) mass is 350 g/mol. The molecule has 2 rings (SSSR count). The van der Waals surface area contributed by atoms with Gasteiger partial charge in [0.15, 0.2) is 11.5 Å². The summed E-state index contributed by atoms with van der Waals surface area (Å²) in [6.07, 6.45) is 1.53. The van der Waals surface area contributed by atoms with Crippen molar-refractivity contribution >= 4 is 17.7 Å². The summed E-state index contributed by atoms with van der Waals surface area (Å²) in [5, 5.41) is 12.1. The van der Waals surface area contributed by atoms with E-state index in [0.29, 0.717) is 36.0 Å². The number of nitrogens with zero attached hydrogens (tertiary/aromatic N) is 1. The van der Waals surface area contributed by atoms with Gasteiger partial charge in [0.1, 0.15) is 11.6 Å². The molecule has 0 heterocycles. The highest BCUT2D eigenvalue weighted by molar-refractivity contribution is 6.09. The van der Waals surface area contributed by atoms with Gasteiger partial charge in [-0.1, -0.05) is 23.8 Å². The van der Waals surface area contributed by atoms with Crippen LogP contribution in [0.5, 0.6) is 11.5 Å². The van der Waals surface area contributed by atoms with E-state index >= 15 is 0 Å². The minimum Gasteiger partial charge on any atom is -0.490 e. The van der Waals surface area contributed by atoms with Crippen molar-refractivity contribution in [1.29, 1.82) is 5.26 Å². The van der Waals surface area contributed by atoms with Crippen molar-refractivity contribution in [2.24, 2.45) is 0 Å². The molecule has 0 spiro atoms. The zero-order chi connectivity index (χ0) is 18.9. The first-order valence-corrected chi connectivity index (χ1v) is 8.46. The number of ether oxygens (including phenoxy) is 2. The summed E-state index contributed by atoms with van der Waals surface area (Å²) in [7, 11) is 0. The topological polar surface area (TPSA) is 71.3 Å². The molecule has 0 aliphatic heterocycles. The van der Waals surface area contributed by atoms with E-state index < -0.39 is 5.91 Å². The molecule has 0 radical (unpaired) electrons. The number of amides is 1. The van der Waals surface area contributed by atoms with Gasteiger partial charge in [-0.3, -0.25) is 4.79 Å². The summed E-state index contributed by atoms with van der Waals surface area (Å²) in [6, 6.07) is 14.6. The molecule has 0 aliphatic rings. The van der Waals surface area contributed by atoms with Crippen molar-refractivity contribution in [3.05, 3.63) is 59.2 Å². The Labute approximate surface area is 153 Å². The average Bonchev–Trinajstić information content (AvgIpc) is 2.64. The van der Waals surface area contributed by atoms with Gasteiger partial charge in [-0.2, -0.15) is 5.26 Å². The number of rotatable bonds is 7. The highest BCUT2D eigenvalue weighted by atomic mass is 16.5. The Kier molecular flexibility index (Phi) is 6.81. The van der Waals surface area contributed by atoms with E-state index in [1.165, 1.54) is 6.08 Å². The van der Waals surface area contributed by atoms with E-state index in [9.17, 15) is 10.1 Å². The number of anilines is 1. The number of nitriles is 1. The molecule has 5 heteroatoms. The summed E-state index contributed by atoms with van der Waals surface area (Å²) >= 11 is 0. The van der Waals surface area contributed by atoms with Gasteiger partial charge in [-0.15, -0.1) is 0 Å². The van der Waals surface area contributed by atoms with E-state index in [2.05, 4.69) is 5.32 Å². The zero-order valence-electron chi connectivity index (χ0n) is 15.2. The SMILES string of the molecule is CCOc1ccc(/C=C(\C#N)C(=O)Nc2ccc(C)cc2)cc1OCC. The lowest BCUT2D eigenvalue weighted by Crippen LogP contribution is -2.13. The fourth-order valence-corrected chi connectivity index (χ4v) is 2.31. The lowest BCUT2D eigenvalue weighted by molar-refractivity contribution is -0.112. The molecular weight excluding hydrogens is 328 g/mol. The van der Waals surface area contributed by atoms with Gasteiger partial charge >= 0.3 is 0 Å². The van der Waals surface area contributed by atoms with E-state index in [1.807, 2.05) is 39.0 Å². The average molecular weight is 350 g/mol. The summed E-state index contributed by atoms with van der Waals surface area (Å²) in [4.78, 5) is 12.4. The van der Waals surface area contributed by atoms with Gasteiger partial charge in [-0.05, 0) is 56.7 Å². The second-order valence-electron chi connectivity index (χ2n) is 5.56. The fraction of sp³-hybridized carbons (Fsp3) is 0.238. The minimum atomic E-state index is -0.455. The second-order valence-corrected chi connectivity index (χ2v) is 5.56. The Hall–Kier alpha value is -3.26. The first-order chi connectivity index (χ1) is 12.6. The molecule has 1 N–H and O–H groups in total. The van der Waals surface area contributed by atoms with Crippen LogP contribution in [0.3, 0.4) is 0 Å². The maximum absolute atomic E-state index is 12.4. The Bertz CT molecular complexity index is 833. The number of aryl methyl sites for hydroxylation is 1. The standard InChI is InChI=1S/C21H22N2O3/c1-4-25-19-11-8-16(13-20(19)26-5-2)12-17(14-22)21(24)23-18-9-6-15(3)7-10-18/h6-13H,4-5H2,1-3H3,(H,23,24)/b17-12+.